The van der Waals surface area contributed by atoms with Gasteiger partial charge >= 0.3 is 6.18 Å². The van der Waals surface area contributed by atoms with Crippen molar-refractivity contribution >= 4 is 10.9 Å². The van der Waals surface area contributed by atoms with Crippen LogP contribution in [0.15, 0.2) is 47.3 Å². The minimum atomic E-state index is -4.41. The van der Waals surface area contributed by atoms with Crippen molar-refractivity contribution in [3.63, 3.8) is 0 Å². The van der Waals surface area contributed by atoms with E-state index in [4.69, 9.17) is 0 Å². The van der Waals surface area contributed by atoms with E-state index in [1.54, 1.807) is 28.8 Å². The number of likely N-dealkylation sites (tertiary alicyclic amines) is 1. The molecule has 1 atom stereocenters. The molecule has 32 heavy (non-hydrogen) atoms. The van der Waals surface area contributed by atoms with Gasteiger partial charge in [-0.25, -0.2) is 4.98 Å². The molecule has 0 amide bonds. The molecule has 2 heterocycles. The first-order valence-electron chi connectivity index (χ1n) is 11.1. The van der Waals surface area contributed by atoms with Gasteiger partial charge in [-0.1, -0.05) is 18.2 Å². The van der Waals surface area contributed by atoms with E-state index in [1.165, 1.54) is 6.07 Å². The average molecular weight is 444 g/mol. The number of alkyl halides is 3. The Morgan fingerprint density at radius 3 is 2.59 bits per heavy atom. The molecule has 1 fully saturated rings. The fourth-order valence-electron chi connectivity index (χ4n) is 4.58. The van der Waals surface area contributed by atoms with Gasteiger partial charge in [-0.15, -0.1) is 0 Å². The second-order valence-corrected chi connectivity index (χ2v) is 8.98. The molecule has 1 aliphatic heterocycles. The number of benzene rings is 2. The summed E-state index contributed by atoms with van der Waals surface area (Å²) in [5.41, 5.74) is 0.714. The van der Waals surface area contributed by atoms with E-state index < -0.39 is 11.7 Å². The molecule has 0 saturated carbocycles. The molecule has 0 radical (unpaired) electrons. The van der Waals surface area contributed by atoms with Crippen LogP contribution in [0.25, 0.3) is 22.0 Å². The zero-order chi connectivity index (χ0) is 23.0. The van der Waals surface area contributed by atoms with Gasteiger partial charge in [-0.05, 0) is 81.5 Å². The van der Waals surface area contributed by atoms with Crippen LogP contribution in [0.5, 0.6) is 0 Å². The number of aryl methyl sites for hydroxylation is 1. The number of halogens is 3. The lowest BCUT2D eigenvalue weighted by Crippen LogP contribution is -2.42. The van der Waals surface area contributed by atoms with Crippen molar-refractivity contribution in [3.05, 3.63) is 64.2 Å². The van der Waals surface area contributed by atoms with Gasteiger partial charge in [0.2, 0.25) is 0 Å². The first kappa shape index (κ1) is 22.5. The van der Waals surface area contributed by atoms with Gasteiger partial charge in [0.05, 0.1) is 16.5 Å². The van der Waals surface area contributed by atoms with Crippen LogP contribution in [-0.2, 0) is 12.7 Å². The van der Waals surface area contributed by atoms with Gasteiger partial charge < -0.3 is 4.90 Å². The van der Waals surface area contributed by atoms with E-state index in [0.717, 1.165) is 38.1 Å². The molecule has 0 spiro atoms. The lowest BCUT2D eigenvalue weighted by molar-refractivity contribution is -0.137. The molecule has 7 heteroatoms. The average Bonchev–Trinajstić information content (AvgIpc) is 2.76. The summed E-state index contributed by atoms with van der Waals surface area (Å²) in [5, 5.41) is 0.432. The maximum atomic E-state index is 13.4. The molecular weight excluding hydrogens is 415 g/mol. The quantitative estimate of drug-likeness (QED) is 0.534. The van der Waals surface area contributed by atoms with Gasteiger partial charge in [-0.2, -0.15) is 13.2 Å². The van der Waals surface area contributed by atoms with Crippen LogP contribution in [-0.4, -0.2) is 33.6 Å². The summed E-state index contributed by atoms with van der Waals surface area (Å²) < 4.78 is 41.1. The Morgan fingerprint density at radius 1 is 1.12 bits per heavy atom. The van der Waals surface area contributed by atoms with E-state index in [2.05, 4.69) is 23.7 Å². The largest absolute Gasteiger partial charge is 0.416 e. The summed E-state index contributed by atoms with van der Waals surface area (Å²) in [6.07, 6.45) is -2.24. The lowest BCUT2D eigenvalue weighted by Gasteiger charge is -2.35. The number of aromatic nitrogens is 2. The summed E-state index contributed by atoms with van der Waals surface area (Å²) in [5.74, 6) is 1.03. The van der Waals surface area contributed by atoms with Crippen LogP contribution >= 0.6 is 0 Å². The molecule has 0 bridgehead atoms. The summed E-state index contributed by atoms with van der Waals surface area (Å²) in [4.78, 5) is 20.4. The number of hydrogen-bond donors (Lipinski definition) is 0. The van der Waals surface area contributed by atoms with Crippen LogP contribution in [0.4, 0.5) is 13.2 Å². The first-order valence-corrected chi connectivity index (χ1v) is 11.1. The van der Waals surface area contributed by atoms with Crippen LogP contribution in [0, 0.1) is 12.8 Å². The van der Waals surface area contributed by atoms with Gasteiger partial charge in [0.1, 0.15) is 5.82 Å². The molecule has 2 aromatic carbocycles. The Bertz CT molecular complexity index is 1180. The highest BCUT2D eigenvalue weighted by Crippen LogP contribution is 2.32. The fraction of sp³-hybridized carbons (Fsp3) is 0.440. The topological polar surface area (TPSA) is 38.1 Å². The highest BCUT2D eigenvalue weighted by molar-refractivity contribution is 5.84. The van der Waals surface area contributed by atoms with Gasteiger partial charge in [-0.3, -0.25) is 9.36 Å². The molecule has 4 rings (SSSR count). The summed E-state index contributed by atoms with van der Waals surface area (Å²) >= 11 is 0. The van der Waals surface area contributed by atoms with Crippen LogP contribution in [0.3, 0.4) is 0 Å². The number of hydrogen-bond acceptors (Lipinski definition) is 3. The third-order valence-corrected chi connectivity index (χ3v) is 6.39. The molecule has 1 aromatic heterocycles. The predicted molar refractivity (Wildman–Crippen MR) is 121 cm³/mol. The molecule has 1 aliphatic rings. The molecule has 3 aromatic rings. The van der Waals surface area contributed by atoms with Gasteiger partial charge in [0.15, 0.2) is 0 Å². The second-order valence-electron chi connectivity index (χ2n) is 8.98. The maximum absolute atomic E-state index is 13.4. The van der Waals surface area contributed by atoms with Crippen LogP contribution in [0.1, 0.15) is 38.1 Å². The fourth-order valence-corrected chi connectivity index (χ4v) is 4.58. The van der Waals surface area contributed by atoms with E-state index in [-0.39, 0.29) is 5.56 Å². The maximum Gasteiger partial charge on any atom is 0.416 e. The Morgan fingerprint density at radius 2 is 1.88 bits per heavy atom. The van der Waals surface area contributed by atoms with Gasteiger partial charge in [0.25, 0.3) is 5.56 Å². The molecule has 0 aliphatic carbocycles. The number of nitrogens with zero attached hydrogens (tertiary/aromatic N) is 3. The van der Waals surface area contributed by atoms with Crippen molar-refractivity contribution in [2.24, 2.45) is 5.92 Å². The second kappa shape index (κ2) is 8.70. The van der Waals surface area contributed by atoms with Crippen molar-refractivity contribution in [1.82, 2.24) is 14.5 Å². The molecule has 4 nitrogen and oxygen atoms in total. The number of piperidine rings is 1. The Balaban J connectivity index is 1.70. The van der Waals surface area contributed by atoms with Crippen molar-refractivity contribution in [2.75, 3.05) is 13.1 Å². The first-order chi connectivity index (χ1) is 15.1. The zero-order valence-corrected chi connectivity index (χ0v) is 18.6. The zero-order valence-electron chi connectivity index (χ0n) is 18.6. The molecule has 0 N–H and O–H groups in total. The normalized spacial score (nSPS) is 17.9. The van der Waals surface area contributed by atoms with E-state index >= 15 is 0 Å². The monoisotopic (exact) mass is 443 g/mol. The molecule has 170 valence electrons. The standard InChI is InChI=1S/C25H28F3N3O/c1-16(2)30-11-5-6-18(14-30)15-31-17(3)29-23-10-9-20(13-22(23)24(31)32)19-7-4-8-21(12-19)25(26,27)28/h4,7-10,12-13,16,18H,5-6,11,14-15H2,1-3H3. The smallest absolute Gasteiger partial charge is 0.301 e. The van der Waals surface area contributed by atoms with E-state index in [9.17, 15) is 18.0 Å². The molecular formula is C25H28F3N3O. The SMILES string of the molecule is Cc1nc2ccc(-c3cccc(C(F)(F)F)c3)cc2c(=O)n1CC1CCCN(C(C)C)C1. The van der Waals surface area contributed by atoms with Crippen molar-refractivity contribution in [1.29, 1.82) is 0 Å². The highest BCUT2D eigenvalue weighted by atomic mass is 19.4. The number of rotatable bonds is 4. The lowest BCUT2D eigenvalue weighted by atomic mass is 9.96. The van der Waals surface area contributed by atoms with Crippen molar-refractivity contribution in [2.45, 2.75) is 52.4 Å². The minimum absolute atomic E-state index is 0.136. The summed E-state index contributed by atoms with van der Waals surface area (Å²) in [7, 11) is 0. The Hall–Kier alpha value is -2.67. The van der Waals surface area contributed by atoms with Crippen molar-refractivity contribution < 1.29 is 13.2 Å². The third-order valence-electron chi connectivity index (χ3n) is 6.39. The van der Waals surface area contributed by atoms with Crippen LogP contribution in [0.2, 0.25) is 0 Å². The molecule has 1 saturated heterocycles. The Kier molecular flexibility index (Phi) is 6.12. The summed E-state index contributed by atoms with van der Waals surface area (Å²) in [6, 6.07) is 10.7. The Labute approximate surface area is 185 Å². The predicted octanol–water partition coefficient (Wildman–Crippen LogP) is 5.51. The molecule has 1 unspecified atom stereocenters. The van der Waals surface area contributed by atoms with E-state index in [0.29, 0.717) is 46.4 Å². The van der Waals surface area contributed by atoms with Crippen molar-refractivity contribution in [3.8, 4) is 11.1 Å². The minimum Gasteiger partial charge on any atom is -0.301 e. The summed E-state index contributed by atoms with van der Waals surface area (Å²) in [6.45, 7) is 8.85. The third kappa shape index (κ3) is 4.58. The van der Waals surface area contributed by atoms with Gasteiger partial charge in [0, 0.05) is 19.1 Å². The highest BCUT2D eigenvalue weighted by Gasteiger charge is 2.30. The van der Waals surface area contributed by atoms with E-state index in [1.807, 2.05) is 6.92 Å². The van der Waals surface area contributed by atoms with Crippen LogP contribution < -0.4 is 5.56 Å². The number of fused-ring (bicyclic) bond motifs is 1.